The summed E-state index contributed by atoms with van der Waals surface area (Å²) < 4.78 is 0. The number of rotatable bonds is 2. The van der Waals surface area contributed by atoms with Gasteiger partial charge in [0.25, 0.3) is 0 Å². The van der Waals surface area contributed by atoms with Crippen LogP contribution in [0.15, 0.2) is 24.3 Å². The Morgan fingerprint density at radius 1 is 1.19 bits per heavy atom. The van der Waals surface area contributed by atoms with E-state index in [0.29, 0.717) is 18.3 Å². The zero-order valence-corrected chi connectivity index (χ0v) is 12.6. The number of ketones is 1. The summed E-state index contributed by atoms with van der Waals surface area (Å²) in [5, 5.41) is 3.23. The van der Waals surface area contributed by atoms with Crippen LogP contribution >= 0.6 is 0 Å². The molecule has 108 valence electrons. The Bertz CT molecular complexity index is 709. The van der Waals surface area contributed by atoms with Gasteiger partial charge in [-0.05, 0) is 43.9 Å². The molecule has 0 amide bonds. The van der Waals surface area contributed by atoms with E-state index >= 15 is 0 Å². The minimum absolute atomic E-state index is 0.170. The first-order chi connectivity index (χ1) is 10.0. The lowest BCUT2D eigenvalue weighted by molar-refractivity contribution is 0.0951. The molecule has 21 heavy (non-hydrogen) atoms. The topological polar surface area (TPSA) is 54.9 Å². The van der Waals surface area contributed by atoms with Gasteiger partial charge in [0.15, 0.2) is 5.78 Å². The molecule has 0 saturated carbocycles. The summed E-state index contributed by atoms with van der Waals surface area (Å²) in [7, 11) is 0. The molecule has 0 saturated heterocycles. The lowest BCUT2D eigenvalue weighted by Gasteiger charge is -2.21. The van der Waals surface area contributed by atoms with E-state index < -0.39 is 0 Å². The van der Waals surface area contributed by atoms with Gasteiger partial charge in [0, 0.05) is 12.1 Å². The Balaban J connectivity index is 1.96. The monoisotopic (exact) mass is 281 g/mol. The van der Waals surface area contributed by atoms with Crippen LogP contribution in [-0.4, -0.2) is 15.8 Å². The fourth-order valence-corrected chi connectivity index (χ4v) is 2.87. The second-order valence-electron chi connectivity index (χ2n) is 5.89. The SMILES string of the molecule is Cc1cccc(Nc2nc(C)c3c(n2)CC(C)CC3=O)c1. The van der Waals surface area contributed by atoms with Gasteiger partial charge in [0.05, 0.1) is 17.0 Å². The van der Waals surface area contributed by atoms with Crippen LogP contribution < -0.4 is 5.32 Å². The summed E-state index contributed by atoms with van der Waals surface area (Å²) in [5.74, 6) is 1.09. The van der Waals surface area contributed by atoms with Crippen molar-refractivity contribution in [2.24, 2.45) is 5.92 Å². The number of hydrogen-bond acceptors (Lipinski definition) is 4. The molecule has 4 nitrogen and oxygen atoms in total. The quantitative estimate of drug-likeness (QED) is 0.913. The highest BCUT2D eigenvalue weighted by Crippen LogP contribution is 2.27. The van der Waals surface area contributed by atoms with Crippen LogP contribution in [0.1, 0.15) is 40.7 Å². The van der Waals surface area contributed by atoms with Crippen molar-refractivity contribution < 1.29 is 4.79 Å². The van der Waals surface area contributed by atoms with Crippen LogP contribution in [0, 0.1) is 19.8 Å². The maximum Gasteiger partial charge on any atom is 0.227 e. The minimum atomic E-state index is 0.170. The van der Waals surface area contributed by atoms with Crippen LogP contribution in [0.25, 0.3) is 0 Å². The number of aromatic nitrogens is 2. The fourth-order valence-electron chi connectivity index (χ4n) is 2.87. The van der Waals surface area contributed by atoms with Crippen molar-refractivity contribution in [2.75, 3.05) is 5.32 Å². The molecule has 0 fully saturated rings. The first-order valence-electron chi connectivity index (χ1n) is 7.27. The molecule has 1 aliphatic rings. The van der Waals surface area contributed by atoms with Gasteiger partial charge in [0.2, 0.25) is 5.95 Å². The predicted molar refractivity (Wildman–Crippen MR) is 83.0 cm³/mol. The lowest BCUT2D eigenvalue weighted by Crippen LogP contribution is -2.22. The van der Waals surface area contributed by atoms with Crippen molar-refractivity contribution in [1.82, 2.24) is 9.97 Å². The van der Waals surface area contributed by atoms with Crippen molar-refractivity contribution in [3.63, 3.8) is 0 Å². The van der Waals surface area contributed by atoms with E-state index in [1.54, 1.807) is 0 Å². The molecule has 1 aromatic heterocycles. The van der Waals surface area contributed by atoms with Gasteiger partial charge in [-0.3, -0.25) is 4.79 Å². The summed E-state index contributed by atoms with van der Waals surface area (Å²) >= 11 is 0. The van der Waals surface area contributed by atoms with Gasteiger partial charge in [-0.25, -0.2) is 9.97 Å². The third-order valence-electron chi connectivity index (χ3n) is 3.79. The van der Waals surface area contributed by atoms with Gasteiger partial charge < -0.3 is 5.32 Å². The summed E-state index contributed by atoms with van der Waals surface area (Å²) in [5.41, 5.74) is 4.51. The number of carbonyl (C=O) groups is 1. The molecular formula is C17H19N3O. The molecular weight excluding hydrogens is 262 g/mol. The molecule has 0 aliphatic heterocycles. The Hall–Kier alpha value is -2.23. The van der Waals surface area contributed by atoms with Crippen molar-refractivity contribution in [3.8, 4) is 0 Å². The van der Waals surface area contributed by atoms with Gasteiger partial charge >= 0.3 is 0 Å². The first-order valence-corrected chi connectivity index (χ1v) is 7.27. The number of Topliss-reactive ketones (excluding diaryl/α,β-unsaturated/α-hetero) is 1. The minimum Gasteiger partial charge on any atom is -0.324 e. The van der Waals surface area contributed by atoms with Crippen LogP contribution in [-0.2, 0) is 6.42 Å². The molecule has 0 radical (unpaired) electrons. The molecule has 4 heteroatoms. The van der Waals surface area contributed by atoms with E-state index in [2.05, 4.69) is 22.2 Å². The maximum atomic E-state index is 12.1. The number of nitrogens with one attached hydrogen (secondary N) is 1. The number of benzene rings is 1. The zero-order chi connectivity index (χ0) is 15.0. The summed E-state index contributed by atoms with van der Waals surface area (Å²) in [6.45, 7) is 6.02. The number of carbonyl (C=O) groups excluding carboxylic acids is 1. The Labute approximate surface area is 124 Å². The molecule has 2 aromatic rings. The molecule has 1 heterocycles. The van der Waals surface area contributed by atoms with Crippen molar-refractivity contribution >= 4 is 17.4 Å². The van der Waals surface area contributed by atoms with Crippen LogP contribution in [0.2, 0.25) is 0 Å². The summed E-state index contributed by atoms with van der Waals surface area (Å²) in [6.07, 6.45) is 1.44. The van der Waals surface area contributed by atoms with Crippen LogP contribution in [0.5, 0.6) is 0 Å². The largest absolute Gasteiger partial charge is 0.324 e. The van der Waals surface area contributed by atoms with E-state index in [1.165, 1.54) is 5.56 Å². The molecule has 0 spiro atoms. The van der Waals surface area contributed by atoms with Crippen molar-refractivity contribution in [1.29, 1.82) is 0 Å². The number of hydrogen-bond donors (Lipinski definition) is 1. The second kappa shape index (κ2) is 5.28. The maximum absolute atomic E-state index is 12.1. The second-order valence-corrected chi connectivity index (χ2v) is 5.89. The zero-order valence-electron chi connectivity index (χ0n) is 12.6. The molecule has 3 rings (SSSR count). The van der Waals surface area contributed by atoms with Gasteiger partial charge in [-0.1, -0.05) is 19.1 Å². The predicted octanol–water partition coefficient (Wildman–Crippen LogP) is 3.60. The normalized spacial score (nSPS) is 17.5. The summed E-state index contributed by atoms with van der Waals surface area (Å²) in [6, 6.07) is 8.07. The Morgan fingerprint density at radius 2 is 2.00 bits per heavy atom. The van der Waals surface area contributed by atoms with E-state index in [-0.39, 0.29) is 5.78 Å². The number of nitrogens with zero attached hydrogens (tertiary/aromatic N) is 2. The fraction of sp³-hybridized carbons (Fsp3) is 0.353. The third kappa shape index (κ3) is 2.79. The van der Waals surface area contributed by atoms with E-state index in [9.17, 15) is 4.79 Å². The number of anilines is 2. The highest BCUT2D eigenvalue weighted by molar-refractivity contribution is 5.99. The molecule has 0 bridgehead atoms. The Morgan fingerprint density at radius 3 is 2.76 bits per heavy atom. The smallest absolute Gasteiger partial charge is 0.227 e. The van der Waals surface area contributed by atoms with Crippen molar-refractivity contribution in [2.45, 2.75) is 33.6 Å². The highest BCUT2D eigenvalue weighted by Gasteiger charge is 2.26. The van der Waals surface area contributed by atoms with E-state index in [1.807, 2.05) is 38.1 Å². The van der Waals surface area contributed by atoms with E-state index in [0.717, 1.165) is 29.1 Å². The number of aryl methyl sites for hydroxylation is 2. The number of fused-ring (bicyclic) bond motifs is 1. The first kappa shape index (κ1) is 13.7. The molecule has 1 N–H and O–H groups in total. The van der Waals surface area contributed by atoms with Crippen LogP contribution in [0.4, 0.5) is 11.6 Å². The molecule has 1 aromatic carbocycles. The summed E-state index contributed by atoms with van der Waals surface area (Å²) in [4.78, 5) is 21.1. The highest BCUT2D eigenvalue weighted by atomic mass is 16.1. The molecule has 1 atom stereocenters. The van der Waals surface area contributed by atoms with Crippen molar-refractivity contribution in [3.05, 3.63) is 46.8 Å². The third-order valence-corrected chi connectivity index (χ3v) is 3.79. The van der Waals surface area contributed by atoms with E-state index in [4.69, 9.17) is 0 Å². The Kier molecular flexibility index (Phi) is 3.45. The van der Waals surface area contributed by atoms with Gasteiger partial charge in [0.1, 0.15) is 0 Å². The van der Waals surface area contributed by atoms with Gasteiger partial charge in [-0.2, -0.15) is 0 Å². The van der Waals surface area contributed by atoms with Gasteiger partial charge in [-0.15, -0.1) is 0 Å². The standard InChI is InChI=1S/C17H19N3O/c1-10-5-4-6-13(7-10)19-17-18-12(3)16-14(20-17)8-11(2)9-15(16)21/h4-7,11H,8-9H2,1-3H3,(H,18,19,20). The van der Waals surface area contributed by atoms with Crippen LogP contribution in [0.3, 0.4) is 0 Å². The molecule has 1 aliphatic carbocycles. The molecule has 1 unspecified atom stereocenters. The average molecular weight is 281 g/mol. The lowest BCUT2D eigenvalue weighted by atomic mass is 9.86. The average Bonchev–Trinajstić information content (AvgIpc) is 2.37.